The largest absolute Gasteiger partial charge is 0.342 e. The average Bonchev–Trinajstić information content (AvgIpc) is 3.42. The van der Waals surface area contributed by atoms with E-state index in [-0.39, 0.29) is 0 Å². The van der Waals surface area contributed by atoms with E-state index in [4.69, 9.17) is 15.0 Å². The fraction of sp³-hybridized carbons (Fsp3) is 0.182. The van der Waals surface area contributed by atoms with Gasteiger partial charge < -0.3 is 4.98 Å². The van der Waals surface area contributed by atoms with Crippen LogP contribution in [0.1, 0.15) is 30.1 Å². The zero-order valence-electron chi connectivity index (χ0n) is 21.5. The number of aromatic amines is 1. The van der Waals surface area contributed by atoms with E-state index in [1.165, 1.54) is 5.56 Å². The summed E-state index contributed by atoms with van der Waals surface area (Å²) in [5.41, 5.74) is 9.26. The predicted molar refractivity (Wildman–Crippen MR) is 161 cm³/mol. The Morgan fingerprint density at radius 3 is 2.15 bits per heavy atom. The second-order valence-corrected chi connectivity index (χ2v) is 11.2. The fourth-order valence-corrected chi connectivity index (χ4v) is 5.93. The Morgan fingerprint density at radius 1 is 0.692 bits per heavy atom. The highest BCUT2D eigenvalue weighted by Crippen LogP contribution is 2.33. The molecule has 0 saturated carbocycles. The second-order valence-electron chi connectivity index (χ2n) is 10.3. The lowest BCUT2D eigenvalue weighted by atomic mass is 9.95. The van der Waals surface area contributed by atoms with Crippen molar-refractivity contribution in [3.05, 3.63) is 113 Å². The second kappa shape index (κ2) is 10.4. The smallest absolute Gasteiger partial charge is 0.110 e. The van der Waals surface area contributed by atoms with Gasteiger partial charge in [-0.05, 0) is 61.8 Å². The first-order valence-electron chi connectivity index (χ1n) is 13.5. The topological polar surface area (TPSA) is 57.7 Å². The number of likely N-dealkylation sites (tertiary alicyclic amines) is 1. The summed E-state index contributed by atoms with van der Waals surface area (Å²) in [6, 6.07) is 33.6. The van der Waals surface area contributed by atoms with Gasteiger partial charge in [-0.3, -0.25) is 4.90 Å². The van der Waals surface area contributed by atoms with Crippen molar-refractivity contribution in [1.29, 1.82) is 0 Å². The highest BCUT2D eigenvalue weighted by atomic mass is 79.9. The molecule has 0 radical (unpaired) electrons. The number of hydrogen-bond donors (Lipinski definition) is 1. The first kappa shape index (κ1) is 24.2. The number of para-hydroxylation sites is 2. The molecule has 5 nitrogen and oxygen atoms in total. The maximum Gasteiger partial charge on any atom is 0.110 e. The Balaban J connectivity index is 1.09. The van der Waals surface area contributed by atoms with Gasteiger partial charge in [-0.2, -0.15) is 0 Å². The molecule has 4 aromatic carbocycles. The van der Waals surface area contributed by atoms with Crippen molar-refractivity contribution in [3.8, 4) is 22.5 Å². The molecule has 3 heterocycles. The zero-order valence-corrected chi connectivity index (χ0v) is 23.1. The molecule has 7 rings (SSSR count). The Kier molecular flexibility index (Phi) is 6.43. The number of nitrogens with zero attached hydrogens (tertiary/aromatic N) is 4. The van der Waals surface area contributed by atoms with Crippen LogP contribution in [0.25, 0.3) is 44.6 Å². The molecule has 0 aliphatic carbocycles. The Bertz CT molecular complexity index is 1720. The van der Waals surface area contributed by atoms with Crippen LogP contribution in [-0.4, -0.2) is 37.9 Å². The molecule has 0 spiro atoms. The van der Waals surface area contributed by atoms with Gasteiger partial charge in [-0.1, -0.05) is 82.7 Å². The van der Waals surface area contributed by atoms with Gasteiger partial charge >= 0.3 is 0 Å². The highest BCUT2D eigenvalue weighted by Gasteiger charge is 2.23. The number of piperidine rings is 1. The van der Waals surface area contributed by atoms with Gasteiger partial charge in [-0.25, -0.2) is 15.0 Å². The Hall–Kier alpha value is -3.87. The standard InChI is InChI=1S/C33H28BrN5/c34-26-14-15-29-30(20-26)36-31(23-6-2-1-3-7-23)32(35-29)24-12-10-22(11-13-24)21-39-18-16-25(17-19-39)33-37-27-8-4-5-9-28(27)38-33/h1-15,20,25H,16-19,21H2,(H,37,38). The van der Waals surface area contributed by atoms with Gasteiger partial charge in [0.1, 0.15) is 5.82 Å². The molecule has 1 aliphatic rings. The quantitative estimate of drug-likeness (QED) is 0.227. The number of rotatable bonds is 5. The maximum absolute atomic E-state index is 5.06. The van der Waals surface area contributed by atoms with Crippen molar-refractivity contribution in [2.24, 2.45) is 0 Å². The number of aromatic nitrogens is 4. The minimum absolute atomic E-state index is 0.500. The van der Waals surface area contributed by atoms with Crippen LogP contribution < -0.4 is 0 Å². The molecule has 1 aliphatic heterocycles. The normalized spacial score (nSPS) is 14.8. The summed E-state index contributed by atoms with van der Waals surface area (Å²) in [7, 11) is 0. The maximum atomic E-state index is 5.06. The van der Waals surface area contributed by atoms with E-state index >= 15 is 0 Å². The van der Waals surface area contributed by atoms with Gasteiger partial charge in [0, 0.05) is 28.1 Å². The van der Waals surface area contributed by atoms with Gasteiger partial charge in [0.05, 0.1) is 33.5 Å². The minimum atomic E-state index is 0.500. The Morgan fingerprint density at radius 2 is 1.38 bits per heavy atom. The number of benzene rings is 4. The third-order valence-electron chi connectivity index (χ3n) is 7.69. The van der Waals surface area contributed by atoms with E-state index in [1.54, 1.807) is 0 Å². The number of H-pyrrole nitrogens is 1. The first-order chi connectivity index (χ1) is 19.2. The summed E-state index contributed by atoms with van der Waals surface area (Å²) in [5, 5.41) is 0. The summed E-state index contributed by atoms with van der Waals surface area (Å²) >= 11 is 3.57. The molecular formula is C33H28BrN5. The minimum Gasteiger partial charge on any atom is -0.342 e. The number of nitrogens with one attached hydrogen (secondary N) is 1. The van der Waals surface area contributed by atoms with Crippen molar-refractivity contribution in [2.75, 3.05) is 13.1 Å². The molecular weight excluding hydrogens is 546 g/mol. The van der Waals surface area contributed by atoms with Crippen molar-refractivity contribution in [1.82, 2.24) is 24.8 Å². The van der Waals surface area contributed by atoms with Gasteiger partial charge in [-0.15, -0.1) is 0 Å². The van der Waals surface area contributed by atoms with Crippen LogP contribution in [0.4, 0.5) is 0 Å². The van der Waals surface area contributed by atoms with Crippen molar-refractivity contribution in [2.45, 2.75) is 25.3 Å². The Labute approximate surface area is 236 Å². The van der Waals surface area contributed by atoms with Crippen LogP contribution in [0, 0.1) is 0 Å². The van der Waals surface area contributed by atoms with Crippen LogP contribution in [-0.2, 0) is 6.54 Å². The molecule has 0 amide bonds. The van der Waals surface area contributed by atoms with E-state index in [0.29, 0.717) is 5.92 Å². The molecule has 1 N–H and O–H groups in total. The third kappa shape index (κ3) is 4.98. The number of halogens is 1. The molecule has 0 bridgehead atoms. The molecule has 192 valence electrons. The van der Waals surface area contributed by atoms with E-state index in [0.717, 1.165) is 87.4 Å². The van der Waals surface area contributed by atoms with E-state index in [2.05, 4.69) is 86.5 Å². The lowest BCUT2D eigenvalue weighted by molar-refractivity contribution is 0.202. The predicted octanol–water partition coefficient (Wildman–Crippen LogP) is 7.98. The van der Waals surface area contributed by atoms with E-state index in [9.17, 15) is 0 Å². The van der Waals surface area contributed by atoms with E-state index in [1.807, 2.05) is 36.4 Å². The number of hydrogen-bond acceptors (Lipinski definition) is 4. The average molecular weight is 575 g/mol. The van der Waals surface area contributed by atoms with Crippen molar-refractivity contribution in [3.63, 3.8) is 0 Å². The molecule has 39 heavy (non-hydrogen) atoms. The highest BCUT2D eigenvalue weighted by molar-refractivity contribution is 9.10. The molecule has 6 aromatic rings. The molecule has 6 heteroatoms. The third-order valence-corrected chi connectivity index (χ3v) is 8.18. The van der Waals surface area contributed by atoms with Crippen LogP contribution >= 0.6 is 15.9 Å². The summed E-state index contributed by atoms with van der Waals surface area (Å²) < 4.78 is 1.00. The van der Waals surface area contributed by atoms with Gasteiger partial charge in [0.2, 0.25) is 0 Å². The number of fused-ring (bicyclic) bond motifs is 2. The van der Waals surface area contributed by atoms with Crippen LogP contribution in [0.2, 0.25) is 0 Å². The van der Waals surface area contributed by atoms with Crippen LogP contribution in [0.15, 0.2) is 102 Å². The van der Waals surface area contributed by atoms with Gasteiger partial charge in [0.25, 0.3) is 0 Å². The summed E-state index contributed by atoms with van der Waals surface area (Å²) in [5.74, 6) is 1.64. The molecule has 1 saturated heterocycles. The number of imidazole rings is 1. The molecule has 2 aromatic heterocycles. The van der Waals surface area contributed by atoms with Crippen molar-refractivity contribution < 1.29 is 0 Å². The lowest BCUT2D eigenvalue weighted by Crippen LogP contribution is -2.32. The van der Waals surface area contributed by atoms with Gasteiger partial charge in [0.15, 0.2) is 0 Å². The van der Waals surface area contributed by atoms with E-state index < -0.39 is 0 Å². The molecule has 1 fully saturated rings. The van der Waals surface area contributed by atoms with Crippen LogP contribution in [0.3, 0.4) is 0 Å². The lowest BCUT2D eigenvalue weighted by Gasteiger charge is -2.31. The zero-order chi connectivity index (χ0) is 26.2. The summed E-state index contributed by atoms with van der Waals surface area (Å²) in [4.78, 5) is 21.0. The first-order valence-corrected chi connectivity index (χ1v) is 14.3. The van der Waals surface area contributed by atoms with Crippen LogP contribution in [0.5, 0.6) is 0 Å². The molecule has 0 unspecified atom stereocenters. The summed E-state index contributed by atoms with van der Waals surface area (Å²) in [6.45, 7) is 3.11. The van der Waals surface area contributed by atoms with Crippen molar-refractivity contribution >= 4 is 38.0 Å². The summed E-state index contributed by atoms with van der Waals surface area (Å²) in [6.07, 6.45) is 2.25. The SMILES string of the molecule is Brc1ccc2nc(-c3ccc(CN4CCC(c5nc6ccccc6[nH]5)CC4)cc3)c(-c3ccccc3)nc2c1. The monoisotopic (exact) mass is 573 g/mol. The fourth-order valence-electron chi connectivity index (χ4n) is 5.58. The molecule has 0 atom stereocenters.